The molecule has 0 aliphatic carbocycles. The van der Waals surface area contributed by atoms with E-state index < -0.39 is 29.4 Å². The minimum absolute atomic E-state index is 0.0900. The van der Waals surface area contributed by atoms with Crippen molar-refractivity contribution in [1.29, 1.82) is 0 Å². The topological polar surface area (TPSA) is 47.4 Å². The van der Waals surface area contributed by atoms with Crippen LogP contribution >= 0.6 is 0 Å². The van der Waals surface area contributed by atoms with Gasteiger partial charge < -0.3 is 9.64 Å². The number of nitrogens with zero attached hydrogens (tertiary/aromatic N) is 3. The Labute approximate surface area is 134 Å². The first-order chi connectivity index (χ1) is 11.7. The van der Waals surface area contributed by atoms with Gasteiger partial charge in [0, 0.05) is 30.8 Å². The number of rotatable bonds is 4. The molecule has 1 aromatic carbocycles. The van der Waals surface area contributed by atoms with E-state index in [1.807, 2.05) is 18.7 Å². The van der Waals surface area contributed by atoms with Crippen molar-refractivity contribution in [3.63, 3.8) is 0 Å². The van der Waals surface area contributed by atoms with Crippen LogP contribution < -0.4 is 15.3 Å². The van der Waals surface area contributed by atoms with E-state index in [-0.39, 0.29) is 11.9 Å². The summed E-state index contributed by atoms with van der Waals surface area (Å²) in [5.41, 5.74) is -1.18. The molecule has 23 heavy (non-hydrogen) atoms. The minimum Gasteiger partial charge on any atom is -0.472 e. The van der Waals surface area contributed by atoms with Crippen LogP contribution in [0, 0.1) is 11.6 Å². The Morgan fingerprint density at radius 2 is 2.26 bits per heavy atom. The van der Waals surface area contributed by atoms with E-state index >= 15 is 0 Å². The highest BCUT2D eigenvalue weighted by atomic mass is 19.2. The SMILES string of the molecule is [2H]C([2H])(Oc1cc2n(c(=O)n1)C[C@H](C)N2CC)c1cccc(F)c1F. The van der Waals surface area contributed by atoms with Crippen molar-refractivity contribution < 1.29 is 16.3 Å². The van der Waals surface area contributed by atoms with Gasteiger partial charge >= 0.3 is 5.69 Å². The van der Waals surface area contributed by atoms with Crippen molar-refractivity contribution in [3.8, 4) is 5.88 Å². The lowest BCUT2D eigenvalue weighted by Gasteiger charge is -2.21. The fourth-order valence-electron chi connectivity index (χ4n) is 2.69. The van der Waals surface area contributed by atoms with Crippen LogP contribution in [0.1, 0.15) is 22.2 Å². The smallest absolute Gasteiger partial charge is 0.352 e. The highest BCUT2D eigenvalue weighted by Gasteiger charge is 2.26. The summed E-state index contributed by atoms with van der Waals surface area (Å²) in [5.74, 6) is -2.25. The first kappa shape index (κ1) is 13.0. The van der Waals surface area contributed by atoms with Gasteiger partial charge in [0.25, 0.3) is 0 Å². The van der Waals surface area contributed by atoms with Crippen LogP contribution in [0.15, 0.2) is 29.1 Å². The fourth-order valence-corrected chi connectivity index (χ4v) is 2.69. The third-order valence-electron chi connectivity index (χ3n) is 3.80. The summed E-state index contributed by atoms with van der Waals surface area (Å²) in [6, 6.07) is 4.67. The second kappa shape index (κ2) is 5.98. The number of likely N-dealkylation sites (N-methyl/N-ethyl adjacent to an activating group) is 1. The Kier molecular flexibility index (Phi) is 3.39. The minimum atomic E-state index is -2.69. The van der Waals surface area contributed by atoms with E-state index in [9.17, 15) is 13.6 Å². The molecule has 0 bridgehead atoms. The van der Waals surface area contributed by atoms with E-state index in [4.69, 9.17) is 7.48 Å². The number of ether oxygens (including phenoxy) is 1. The molecule has 3 rings (SSSR count). The molecule has 0 radical (unpaired) electrons. The zero-order chi connectivity index (χ0) is 18.4. The maximum atomic E-state index is 13.9. The molecule has 0 N–H and O–H groups in total. The molecule has 0 amide bonds. The third-order valence-corrected chi connectivity index (χ3v) is 3.80. The van der Waals surface area contributed by atoms with Gasteiger partial charge in [-0.1, -0.05) is 12.1 Å². The van der Waals surface area contributed by atoms with E-state index in [0.29, 0.717) is 18.9 Å². The lowest BCUT2D eigenvalue weighted by Crippen LogP contribution is -2.28. The first-order valence-corrected chi connectivity index (χ1v) is 7.26. The van der Waals surface area contributed by atoms with Gasteiger partial charge in [0.05, 0.1) is 2.74 Å². The standard InChI is InChI=1S/C16H17F2N3O2/c1-3-20-10(2)8-21-14(20)7-13(19-16(21)22)23-9-11-5-4-6-12(17)15(11)18/h4-7,10H,3,8-9H2,1-2H3/t10-/m0/s1/i9D2. The average Bonchev–Trinajstić information content (AvgIpc) is 2.85. The number of halogens is 2. The second-order valence-corrected chi connectivity index (χ2v) is 5.29. The van der Waals surface area contributed by atoms with Crippen molar-refractivity contribution in [2.45, 2.75) is 33.0 Å². The highest BCUT2D eigenvalue weighted by Crippen LogP contribution is 2.26. The Balaban J connectivity index is 1.99. The number of fused-ring (bicyclic) bond motifs is 1. The highest BCUT2D eigenvalue weighted by molar-refractivity contribution is 5.46. The van der Waals surface area contributed by atoms with Gasteiger partial charge in [0.15, 0.2) is 11.6 Å². The summed E-state index contributed by atoms with van der Waals surface area (Å²) >= 11 is 0. The van der Waals surface area contributed by atoms with Gasteiger partial charge in [-0.2, -0.15) is 4.98 Å². The zero-order valence-electron chi connectivity index (χ0n) is 14.7. The van der Waals surface area contributed by atoms with Crippen LogP contribution in [0.25, 0.3) is 0 Å². The van der Waals surface area contributed by atoms with Gasteiger partial charge in [-0.05, 0) is 19.9 Å². The van der Waals surface area contributed by atoms with Crippen LogP contribution in [0.3, 0.4) is 0 Å². The number of benzene rings is 1. The quantitative estimate of drug-likeness (QED) is 0.866. The van der Waals surface area contributed by atoms with Gasteiger partial charge in [-0.25, -0.2) is 13.6 Å². The summed E-state index contributed by atoms with van der Waals surface area (Å²) in [5, 5.41) is 0. The molecule has 2 heterocycles. The van der Waals surface area contributed by atoms with Gasteiger partial charge in [-0.15, -0.1) is 0 Å². The second-order valence-electron chi connectivity index (χ2n) is 5.29. The molecule has 0 saturated heterocycles. The van der Waals surface area contributed by atoms with Crippen LogP contribution in [-0.4, -0.2) is 22.1 Å². The van der Waals surface area contributed by atoms with Crippen molar-refractivity contribution in [2.24, 2.45) is 0 Å². The largest absolute Gasteiger partial charge is 0.472 e. The van der Waals surface area contributed by atoms with Crippen LogP contribution in [0.4, 0.5) is 14.6 Å². The van der Waals surface area contributed by atoms with Crippen LogP contribution in [0.5, 0.6) is 5.88 Å². The molecule has 7 heteroatoms. The Hall–Kier alpha value is -2.44. The molecule has 0 saturated carbocycles. The van der Waals surface area contributed by atoms with E-state index in [2.05, 4.69) is 4.98 Å². The number of hydrogen-bond acceptors (Lipinski definition) is 4. The molecule has 0 spiro atoms. The summed E-state index contributed by atoms with van der Waals surface area (Å²) < 4.78 is 49.7. The molecule has 5 nitrogen and oxygen atoms in total. The Morgan fingerprint density at radius 1 is 1.48 bits per heavy atom. The number of anilines is 1. The van der Waals surface area contributed by atoms with Crippen LogP contribution in [-0.2, 0) is 13.1 Å². The predicted molar refractivity (Wildman–Crippen MR) is 81.7 cm³/mol. The van der Waals surface area contributed by atoms with Gasteiger partial charge in [-0.3, -0.25) is 4.57 Å². The molecular weight excluding hydrogens is 304 g/mol. The molecule has 2 aromatic rings. The molecule has 1 aromatic heterocycles. The predicted octanol–water partition coefficient (Wildman–Crippen LogP) is 2.33. The lowest BCUT2D eigenvalue weighted by atomic mass is 10.2. The monoisotopic (exact) mass is 323 g/mol. The van der Waals surface area contributed by atoms with E-state index in [0.717, 1.165) is 12.1 Å². The molecule has 1 aliphatic heterocycles. The molecule has 1 aliphatic rings. The Morgan fingerprint density at radius 3 is 3.00 bits per heavy atom. The van der Waals surface area contributed by atoms with E-state index in [1.54, 1.807) is 0 Å². The van der Waals surface area contributed by atoms with E-state index in [1.165, 1.54) is 16.7 Å². The normalized spacial score (nSPS) is 18.4. The van der Waals surface area contributed by atoms with Crippen molar-refractivity contribution in [3.05, 3.63) is 51.9 Å². The van der Waals surface area contributed by atoms with Gasteiger partial charge in [0.1, 0.15) is 12.4 Å². The summed E-state index contributed by atoms with van der Waals surface area (Å²) in [6.07, 6.45) is 0. The zero-order valence-corrected chi connectivity index (χ0v) is 12.7. The first-order valence-electron chi connectivity index (χ1n) is 8.26. The average molecular weight is 323 g/mol. The summed E-state index contributed by atoms with van der Waals surface area (Å²) in [4.78, 5) is 17.8. The maximum Gasteiger partial charge on any atom is 0.352 e. The summed E-state index contributed by atoms with van der Waals surface area (Å²) in [6.45, 7) is 2.32. The molecule has 1 atom stereocenters. The van der Waals surface area contributed by atoms with Crippen molar-refractivity contribution in [2.75, 3.05) is 11.4 Å². The molecular formula is C16H17F2N3O2. The number of hydrogen-bond donors (Lipinski definition) is 0. The lowest BCUT2D eigenvalue weighted by molar-refractivity contribution is 0.283. The van der Waals surface area contributed by atoms with Crippen LogP contribution in [0.2, 0.25) is 0 Å². The fraction of sp³-hybridized carbons (Fsp3) is 0.375. The summed E-state index contributed by atoms with van der Waals surface area (Å²) in [7, 11) is 0. The third kappa shape index (κ3) is 2.78. The molecule has 0 unspecified atom stereocenters. The van der Waals surface area contributed by atoms with Crippen molar-refractivity contribution in [1.82, 2.24) is 9.55 Å². The molecule has 122 valence electrons. The Bertz CT molecular complexity index is 873. The van der Waals surface area contributed by atoms with Crippen molar-refractivity contribution >= 4 is 5.82 Å². The maximum absolute atomic E-state index is 13.9. The molecule has 0 fully saturated rings. The van der Waals surface area contributed by atoms with Gasteiger partial charge in [0.2, 0.25) is 5.88 Å². The number of aromatic nitrogens is 2.